The van der Waals surface area contributed by atoms with E-state index in [1.165, 1.54) is 5.56 Å². The van der Waals surface area contributed by atoms with Gasteiger partial charge in [0.25, 0.3) is 0 Å². The molecule has 0 radical (unpaired) electrons. The van der Waals surface area contributed by atoms with Crippen molar-refractivity contribution in [2.45, 2.75) is 64.2 Å². The summed E-state index contributed by atoms with van der Waals surface area (Å²) in [5.41, 5.74) is 1.72. The summed E-state index contributed by atoms with van der Waals surface area (Å²) in [5, 5.41) is -0.404. The zero-order valence-corrected chi connectivity index (χ0v) is 18.5. The molecule has 1 aliphatic rings. The molecule has 1 fully saturated rings. The van der Waals surface area contributed by atoms with Crippen molar-refractivity contribution < 1.29 is 17.9 Å². The lowest BCUT2D eigenvalue weighted by Gasteiger charge is -2.33. The molecule has 6 heteroatoms. The maximum absolute atomic E-state index is 12.6. The van der Waals surface area contributed by atoms with Gasteiger partial charge >= 0.3 is 6.09 Å². The second kappa shape index (κ2) is 9.12. The number of carbonyl (C=O) groups excluding carboxylic acids is 1. The molecule has 1 heterocycles. The molecule has 1 saturated heterocycles. The molecule has 28 heavy (non-hydrogen) atoms. The summed E-state index contributed by atoms with van der Waals surface area (Å²) in [5.74, 6) is 0.501. The molecule has 2 rings (SSSR count). The van der Waals surface area contributed by atoms with Crippen molar-refractivity contribution in [1.29, 1.82) is 0 Å². The smallest absolute Gasteiger partial charge is 0.410 e. The monoisotopic (exact) mass is 407 g/mol. The van der Waals surface area contributed by atoms with Crippen LogP contribution < -0.4 is 0 Å². The fourth-order valence-electron chi connectivity index (χ4n) is 3.17. The van der Waals surface area contributed by atoms with E-state index in [0.29, 0.717) is 31.8 Å². The molecule has 1 aromatic rings. The Labute approximate surface area is 169 Å². The number of ether oxygens (including phenoxy) is 1. The SMILES string of the molecule is CC(C)c1ccc(C=CCS(=O)(=O)C2CCN(C(=O)OC(C)(C)C)CC2)cc1. The minimum absolute atomic E-state index is 0.0238. The van der Waals surface area contributed by atoms with Gasteiger partial charge in [-0.15, -0.1) is 0 Å². The fraction of sp³-hybridized carbons (Fsp3) is 0.591. The number of piperidine rings is 1. The summed E-state index contributed by atoms with van der Waals surface area (Å²) in [6.45, 7) is 10.6. The normalized spacial score (nSPS) is 16.7. The lowest BCUT2D eigenvalue weighted by molar-refractivity contribution is 0.0217. The van der Waals surface area contributed by atoms with Crippen LogP contribution in [0.5, 0.6) is 0 Å². The lowest BCUT2D eigenvalue weighted by Crippen LogP contribution is -2.44. The van der Waals surface area contributed by atoms with Gasteiger partial charge in [0.2, 0.25) is 0 Å². The third-order valence-electron chi connectivity index (χ3n) is 4.84. The molecule has 0 aliphatic carbocycles. The number of hydrogen-bond acceptors (Lipinski definition) is 4. The van der Waals surface area contributed by atoms with Gasteiger partial charge in [-0.25, -0.2) is 13.2 Å². The number of rotatable bonds is 5. The van der Waals surface area contributed by atoms with Crippen LogP contribution in [0.4, 0.5) is 4.79 Å². The average molecular weight is 408 g/mol. The first kappa shape index (κ1) is 22.5. The number of carbonyl (C=O) groups is 1. The molecular weight excluding hydrogens is 374 g/mol. The molecule has 0 aromatic heterocycles. The van der Waals surface area contributed by atoms with Crippen molar-refractivity contribution in [1.82, 2.24) is 4.90 Å². The van der Waals surface area contributed by atoms with Gasteiger partial charge < -0.3 is 9.64 Å². The van der Waals surface area contributed by atoms with E-state index in [2.05, 4.69) is 26.0 Å². The van der Waals surface area contributed by atoms with E-state index in [0.717, 1.165) is 5.56 Å². The van der Waals surface area contributed by atoms with Crippen molar-refractivity contribution >= 4 is 22.0 Å². The summed E-state index contributed by atoms with van der Waals surface area (Å²) in [4.78, 5) is 13.7. The third-order valence-corrected chi connectivity index (χ3v) is 6.99. The van der Waals surface area contributed by atoms with Crippen molar-refractivity contribution in [3.63, 3.8) is 0 Å². The number of sulfone groups is 1. The molecule has 1 aliphatic heterocycles. The van der Waals surface area contributed by atoms with Crippen LogP contribution in [0.3, 0.4) is 0 Å². The number of hydrogen-bond donors (Lipinski definition) is 0. The highest BCUT2D eigenvalue weighted by molar-refractivity contribution is 7.92. The zero-order chi connectivity index (χ0) is 20.9. The summed E-state index contributed by atoms with van der Waals surface area (Å²) >= 11 is 0. The lowest BCUT2D eigenvalue weighted by atomic mass is 10.0. The Morgan fingerprint density at radius 2 is 1.75 bits per heavy atom. The Balaban J connectivity index is 1.87. The van der Waals surface area contributed by atoms with Crippen LogP contribution in [-0.4, -0.2) is 49.1 Å². The summed E-state index contributed by atoms with van der Waals surface area (Å²) in [6.07, 6.45) is 4.13. The minimum atomic E-state index is -3.22. The van der Waals surface area contributed by atoms with E-state index >= 15 is 0 Å². The second-order valence-electron chi connectivity index (χ2n) is 8.72. The topological polar surface area (TPSA) is 63.7 Å². The fourth-order valence-corrected chi connectivity index (χ4v) is 4.74. The standard InChI is InChI=1S/C22H33NO4S/c1-17(2)19-10-8-18(9-11-19)7-6-16-28(25,26)20-12-14-23(15-13-20)21(24)27-22(3,4)5/h6-11,17,20H,12-16H2,1-5H3. The van der Waals surface area contributed by atoms with Crippen molar-refractivity contribution in [3.8, 4) is 0 Å². The minimum Gasteiger partial charge on any atom is -0.444 e. The number of amides is 1. The van der Waals surface area contributed by atoms with Crippen LogP contribution in [0.25, 0.3) is 6.08 Å². The first-order valence-corrected chi connectivity index (χ1v) is 11.7. The molecule has 0 spiro atoms. The van der Waals surface area contributed by atoms with E-state index in [9.17, 15) is 13.2 Å². The highest BCUT2D eigenvalue weighted by atomic mass is 32.2. The van der Waals surface area contributed by atoms with Gasteiger partial charge in [0.05, 0.1) is 11.0 Å². The highest BCUT2D eigenvalue weighted by Gasteiger charge is 2.32. The Bertz CT molecular complexity index is 781. The molecule has 0 unspecified atom stereocenters. The molecule has 1 amide bonds. The van der Waals surface area contributed by atoms with Gasteiger partial charge in [-0.1, -0.05) is 50.3 Å². The molecular formula is C22H33NO4S. The van der Waals surface area contributed by atoms with Gasteiger partial charge in [0.1, 0.15) is 5.60 Å². The van der Waals surface area contributed by atoms with Gasteiger partial charge in [-0.05, 0) is 50.7 Å². The highest BCUT2D eigenvalue weighted by Crippen LogP contribution is 2.21. The van der Waals surface area contributed by atoms with E-state index in [1.807, 2.05) is 39.0 Å². The summed E-state index contributed by atoms with van der Waals surface area (Å²) < 4.78 is 30.6. The molecule has 5 nitrogen and oxygen atoms in total. The number of benzene rings is 1. The van der Waals surface area contributed by atoms with E-state index in [4.69, 9.17) is 4.74 Å². The quantitative estimate of drug-likeness (QED) is 0.713. The number of likely N-dealkylation sites (tertiary alicyclic amines) is 1. The van der Waals surface area contributed by atoms with E-state index in [-0.39, 0.29) is 11.8 Å². The molecule has 156 valence electrons. The second-order valence-corrected chi connectivity index (χ2v) is 11.0. The Morgan fingerprint density at radius 1 is 1.18 bits per heavy atom. The van der Waals surface area contributed by atoms with Gasteiger partial charge in [-0.2, -0.15) is 0 Å². The van der Waals surface area contributed by atoms with Crippen molar-refractivity contribution in [3.05, 3.63) is 41.5 Å². The molecule has 0 N–H and O–H groups in total. The predicted molar refractivity (Wildman–Crippen MR) is 114 cm³/mol. The van der Waals surface area contributed by atoms with Crippen LogP contribution in [0, 0.1) is 0 Å². The van der Waals surface area contributed by atoms with Gasteiger partial charge in [0.15, 0.2) is 9.84 Å². The number of nitrogens with zero attached hydrogens (tertiary/aromatic N) is 1. The molecule has 0 bridgehead atoms. The summed E-state index contributed by atoms with van der Waals surface area (Å²) in [6, 6.07) is 8.17. The maximum Gasteiger partial charge on any atom is 0.410 e. The molecule has 0 atom stereocenters. The van der Waals surface area contributed by atoms with E-state index < -0.39 is 20.7 Å². The maximum atomic E-state index is 12.6. The zero-order valence-electron chi connectivity index (χ0n) is 17.6. The summed E-state index contributed by atoms with van der Waals surface area (Å²) in [7, 11) is -3.22. The van der Waals surface area contributed by atoms with Crippen LogP contribution in [0.15, 0.2) is 30.3 Å². The Morgan fingerprint density at radius 3 is 2.25 bits per heavy atom. The first-order chi connectivity index (χ1) is 13.0. The van der Waals surface area contributed by atoms with Crippen molar-refractivity contribution in [2.24, 2.45) is 0 Å². The van der Waals surface area contributed by atoms with Crippen LogP contribution in [-0.2, 0) is 14.6 Å². The molecule has 1 aromatic carbocycles. The Hall–Kier alpha value is -1.82. The van der Waals surface area contributed by atoms with Crippen molar-refractivity contribution in [2.75, 3.05) is 18.8 Å². The van der Waals surface area contributed by atoms with Crippen LogP contribution in [0.2, 0.25) is 0 Å². The average Bonchev–Trinajstić information content (AvgIpc) is 2.60. The third kappa shape index (κ3) is 6.66. The van der Waals surface area contributed by atoms with Crippen LogP contribution in [0.1, 0.15) is 64.5 Å². The predicted octanol–water partition coefficient (Wildman–Crippen LogP) is 4.64. The molecule has 0 saturated carbocycles. The van der Waals surface area contributed by atoms with Crippen LogP contribution >= 0.6 is 0 Å². The first-order valence-electron chi connectivity index (χ1n) is 9.94. The largest absolute Gasteiger partial charge is 0.444 e. The Kier molecular flexibility index (Phi) is 7.32. The van der Waals surface area contributed by atoms with Gasteiger partial charge in [0, 0.05) is 13.1 Å². The van der Waals surface area contributed by atoms with Gasteiger partial charge in [-0.3, -0.25) is 0 Å². The van der Waals surface area contributed by atoms with E-state index in [1.54, 1.807) is 11.0 Å².